The Morgan fingerprint density at radius 1 is 1.39 bits per heavy atom. The molecule has 0 aromatic heterocycles. The summed E-state index contributed by atoms with van der Waals surface area (Å²) >= 11 is 0. The SMILES string of the molecule is CCOc1ccccc1C1CNCC(C)(CC)O1. The van der Waals surface area contributed by atoms with Crippen LogP contribution in [0.15, 0.2) is 24.3 Å². The van der Waals surface area contributed by atoms with Gasteiger partial charge < -0.3 is 14.8 Å². The Kier molecular flexibility index (Phi) is 4.25. The Balaban J connectivity index is 2.20. The van der Waals surface area contributed by atoms with E-state index in [1.807, 2.05) is 25.1 Å². The van der Waals surface area contributed by atoms with Gasteiger partial charge in [-0.05, 0) is 26.3 Å². The van der Waals surface area contributed by atoms with Crippen molar-refractivity contribution in [3.63, 3.8) is 0 Å². The smallest absolute Gasteiger partial charge is 0.125 e. The van der Waals surface area contributed by atoms with Crippen molar-refractivity contribution in [2.75, 3.05) is 19.7 Å². The zero-order valence-electron chi connectivity index (χ0n) is 11.5. The first-order valence-electron chi connectivity index (χ1n) is 6.79. The van der Waals surface area contributed by atoms with E-state index in [0.29, 0.717) is 6.61 Å². The summed E-state index contributed by atoms with van der Waals surface area (Å²) in [6.07, 6.45) is 1.08. The predicted molar refractivity (Wildman–Crippen MR) is 73.0 cm³/mol. The molecule has 1 N–H and O–H groups in total. The molecule has 3 nitrogen and oxygen atoms in total. The Hall–Kier alpha value is -1.06. The summed E-state index contributed by atoms with van der Waals surface area (Å²) in [6, 6.07) is 8.15. The van der Waals surface area contributed by atoms with Gasteiger partial charge in [0.2, 0.25) is 0 Å². The summed E-state index contributed by atoms with van der Waals surface area (Å²) in [5, 5.41) is 3.46. The standard InChI is InChI=1S/C15H23NO2/c1-4-15(3)11-16-10-14(18-15)12-8-6-7-9-13(12)17-5-2/h6-9,14,16H,4-5,10-11H2,1-3H3. The van der Waals surface area contributed by atoms with Gasteiger partial charge in [-0.15, -0.1) is 0 Å². The van der Waals surface area contributed by atoms with Crippen molar-refractivity contribution in [1.82, 2.24) is 5.32 Å². The average Bonchev–Trinajstić information content (AvgIpc) is 2.40. The van der Waals surface area contributed by atoms with E-state index in [9.17, 15) is 0 Å². The molecule has 1 heterocycles. The van der Waals surface area contributed by atoms with Gasteiger partial charge in [0.25, 0.3) is 0 Å². The summed E-state index contributed by atoms with van der Waals surface area (Å²) < 4.78 is 11.9. The molecule has 2 atom stereocenters. The first-order chi connectivity index (χ1) is 8.68. The number of rotatable bonds is 4. The summed E-state index contributed by atoms with van der Waals surface area (Å²) in [7, 11) is 0. The summed E-state index contributed by atoms with van der Waals surface area (Å²) in [5.74, 6) is 0.937. The van der Waals surface area contributed by atoms with Crippen molar-refractivity contribution < 1.29 is 9.47 Å². The van der Waals surface area contributed by atoms with Gasteiger partial charge in [0.15, 0.2) is 0 Å². The largest absolute Gasteiger partial charge is 0.493 e. The number of ether oxygens (including phenoxy) is 2. The zero-order chi connectivity index (χ0) is 13.0. The van der Waals surface area contributed by atoms with Crippen LogP contribution in [0.4, 0.5) is 0 Å². The maximum atomic E-state index is 6.25. The van der Waals surface area contributed by atoms with Gasteiger partial charge in [0.1, 0.15) is 5.75 Å². The first-order valence-corrected chi connectivity index (χ1v) is 6.79. The molecular weight excluding hydrogens is 226 g/mol. The number of hydrogen-bond acceptors (Lipinski definition) is 3. The molecule has 0 aliphatic carbocycles. The van der Waals surface area contributed by atoms with E-state index in [1.54, 1.807) is 0 Å². The van der Waals surface area contributed by atoms with Crippen molar-refractivity contribution in [1.29, 1.82) is 0 Å². The second-order valence-electron chi connectivity index (χ2n) is 5.01. The number of benzene rings is 1. The van der Waals surface area contributed by atoms with Gasteiger partial charge in [-0.1, -0.05) is 25.1 Å². The monoisotopic (exact) mass is 249 g/mol. The maximum absolute atomic E-state index is 6.25. The van der Waals surface area contributed by atoms with Crippen LogP contribution in [0.25, 0.3) is 0 Å². The molecule has 1 saturated heterocycles. The van der Waals surface area contributed by atoms with Crippen molar-refractivity contribution >= 4 is 0 Å². The van der Waals surface area contributed by atoms with Gasteiger partial charge in [-0.2, -0.15) is 0 Å². The lowest BCUT2D eigenvalue weighted by molar-refractivity contribution is -0.109. The topological polar surface area (TPSA) is 30.5 Å². The second-order valence-corrected chi connectivity index (χ2v) is 5.01. The molecule has 100 valence electrons. The molecule has 2 unspecified atom stereocenters. The minimum Gasteiger partial charge on any atom is -0.493 e. The van der Waals surface area contributed by atoms with Gasteiger partial charge >= 0.3 is 0 Å². The number of nitrogens with one attached hydrogen (secondary N) is 1. The van der Waals surface area contributed by atoms with E-state index in [-0.39, 0.29) is 11.7 Å². The molecule has 1 aromatic carbocycles. The molecule has 0 saturated carbocycles. The summed E-state index contributed by atoms with van der Waals surface area (Å²) in [5.41, 5.74) is 1.06. The lowest BCUT2D eigenvalue weighted by Crippen LogP contribution is -2.48. The van der Waals surface area contributed by atoms with Crippen LogP contribution >= 0.6 is 0 Å². The van der Waals surface area contributed by atoms with Crippen LogP contribution in [0.5, 0.6) is 5.75 Å². The Morgan fingerprint density at radius 3 is 2.89 bits per heavy atom. The third kappa shape index (κ3) is 2.85. The molecule has 0 amide bonds. The summed E-state index contributed by atoms with van der Waals surface area (Å²) in [6.45, 7) is 8.78. The van der Waals surface area contributed by atoms with E-state index in [2.05, 4.69) is 25.2 Å². The molecule has 0 bridgehead atoms. The van der Waals surface area contributed by atoms with Crippen molar-refractivity contribution in [3.05, 3.63) is 29.8 Å². The fraction of sp³-hybridized carbons (Fsp3) is 0.600. The lowest BCUT2D eigenvalue weighted by atomic mass is 9.98. The molecule has 0 spiro atoms. The fourth-order valence-electron chi connectivity index (χ4n) is 2.31. The quantitative estimate of drug-likeness (QED) is 0.890. The first kappa shape index (κ1) is 13.4. The highest BCUT2D eigenvalue weighted by molar-refractivity contribution is 5.35. The lowest BCUT2D eigenvalue weighted by Gasteiger charge is -2.39. The number of morpholine rings is 1. The van der Waals surface area contributed by atoms with Crippen LogP contribution in [-0.4, -0.2) is 25.3 Å². The molecule has 1 aliphatic heterocycles. The van der Waals surface area contributed by atoms with Crippen molar-refractivity contribution in [2.45, 2.75) is 38.9 Å². The van der Waals surface area contributed by atoms with Gasteiger partial charge in [-0.3, -0.25) is 0 Å². The highest BCUT2D eigenvalue weighted by Crippen LogP contribution is 2.33. The molecular formula is C15H23NO2. The molecule has 0 radical (unpaired) electrons. The van der Waals surface area contributed by atoms with Gasteiger partial charge in [0.05, 0.1) is 18.3 Å². The zero-order valence-corrected chi connectivity index (χ0v) is 11.5. The molecule has 1 fully saturated rings. The summed E-state index contributed by atoms with van der Waals surface area (Å²) in [4.78, 5) is 0. The van der Waals surface area contributed by atoms with Gasteiger partial charge in [-0.25, -0.2) is 0 Å². The maximum Gasteiger partial charge on any atom is 0.125 e. The number of para-hydroxylation sites is 1. The highest BCUT2D eigenvalue weighted by atomic mass is 16.5. The Labute approximate surface area is 109 Å². The average molecular weight is 249 g/mol. The predicted octanol–water partition coefficient (Wildman–Crippen LogP) is 2.91. The second kappa shape index (κ2) is 5.72. The normalized spacial score (nSPS) is 28.1. The van der Waals surface area contributed by atoms with Crippen LogP contribution in [0.1, 0.15) is 38.9 Å². The molecule has 18 heavy (non-hydrogen) atoms. The third-order valence-electron chi connectivity index (χ3n) is 3.57. The Bertz CT molecular complexity index is 394. The molecule has 1 aliphatic rings. The molecule has 2 rings (SSSR count). The number of hydrogen-bond donors (Lipinski definition) is 1. The minimum absolute atomic E-state index is 0.0754. The van der Waals surface area contributed by atoms with Crippen LogP contribution < -0.4 is 10.1 Å². The van der Waals surface area contributed by atoms with Crippen LogP contribution in [0.3, 0.4) is 0 Å². The van der Waals surface area contributed by atoms with E-state index in [1.165, 1.54) is 0 Å². The van der Waals surface area contributed by atoms with Crippen molar-refractivity contribution in [3.8, 4) is 5.75 Å². The van der Waals surface area contributed by atoms with Crippen LogP contribution in [0, 0.1) is 0 Å². The third-order valence-corrected chi connectivity index (χ3v) is 3.57. The van der Waals surface area contributed by atoms with Crippen LogP contribution in [-0.2, 0) is 4.74 Å². The van der Waals surface area contributed by atoms with E-state index in [0.717, 1.165) is 30.8 Å². The molecule has 3 heteroatoms. The van der Waals surface area contributed by atoms with E-state index < -0.39 is 0 Å². The van der Waals surface area contributed by atoms with Crippen molar-refractivity contribution in [2.24, 2.45) is 0 Å². The van der Waals surface area contributed by atoms with E-state index >= 15 is 0 Å². The van der Waals surface area contributed by atoms with Gasteiger partial charge in [0, 0.05) is 18.7 Å². The minimum atomic E-state index is -0.0811. The van der Waals surface area contributed by atoms with E-state index in [4.69, 9.17) is 9.47 Å². The highest BCUT2D eigenvalue weighted by Gasteiger charge is 2.32. The fourth-order valence-corrected chi connectivity index (χ4v) is 2.31. The van der Waals surface area contributed by atoms with Crippen LogP contribution in [0.2, 0.25) is 0 Å². The Morgan fingerprint density at radius 2 is 2.17 bits per heavy atom. The molecule has 1 aromatic rings.